The van der Waals surface area contributed by atoms with E-state index in [1.165, 1.54) is 24.6 Å². The molecule has 1 amide bonds. The summed E-state index contributed by atoms with van der Waals surface area (Å²) in [6.45, 7) is 8.57. The van der Waals surface area contributed by atoms with E-state index in [0.717, 1.165) is 23.6 Å². The van der Waals surface area contributed by atoms with Crippen LogP contribution in [0.25, 0.3) is 0 Å². The van der Waals surface area contributed by atoms with Crippen molar-refractivity contribution in [3.05, 3.63) is 70.3 Å². The van der Waals surface area contributed by atoms with Crippen LogP contribution in [0.5, 0.6) is 0 Å². The number of amides is 1. The summed E-state index contributed by atoms with van der Waals surface area (Å²) >= 11 is 0. The molecule has 2 aromatic carbocycles. The van der Waals surface area contributed by atoms with Crippen LogP contribution >= 0.6 is 0 Å². The average Bonchev–Trinajstić information content (AvgIpc) is 2.62. The van der Waals surface area contributed by atoms with E-state index >= 15 is 0 Å². The first-order chi connectivity index (χ1) is 14.1. The van der Waals surface area contributed by atoms with Gasteiger partial charge in [0.1, 0.15) is 11.6 Å². The maximum absolute atomic E-state index is 13.5. The molecule has 0 saturated carbocycles. The van der Waals surface area contributed by atoms with Crippen LogP contribution in [0.1, 0.15) is 43.0 Å². The van der Waals surface area contributed by atoms with Gasteiger partial charge in [-0.25, -0.2) is 8.78 Å². The largest absolute Gasteiger partial charge is 0.390 e. The Morgan fingerprint density at radius 1 is 1.03 bits per heavy atom. The first-order valence-electron chi connectivity index (χ1n) is 10.3. The molecule has 0 aromatic heterocycles. The van der Waals surface area contributed by atoms with Crippen molar-refractivity contribution in [2.24, 2.45) is 5.92 Å². The maximum atomic E-state index is 13.5. The molecule has 6 heteroatoms. The van der Waals surface area contributed by atoms with Gasteiger partial charge in [-0.05, 0) is 60.1 Å². The molecule has 0 bridgehead atoms. The average molecular weight is 419 g/mol. The molecule has 0 unspecified atom stereocenters. The van der Waals surface area contributed by atoms with E-state index in [2.05, 4.69) is 42.7 Å². The second-order valence-corrected chi connectivity index (χ2v) is 8.35. The Morgan fingerprint density at radius 2 is 1.70 bits per heavy atom. The molecule has 4 nitrogen and oxygen atoms in total. The number of carbonyl (C=O) groups excluding carboxylic acids is 1. The fourth-order valence-corrected chi connectivity index (χ4v) is 3.54. The lowest BCUT2D eigenvalue weighted by molar-refractivity contribution is -0.120. The van der Waals surface area contributed by atoms with Crippen molar-refractivity contribution in [3.8, 4) is 0 Å². The molecule has 0 fully saturated rings. The van der Waals surface area contributed by atoms with Crippen molar-refractivity contribution < 1.29 is 18.7 Å². The zero-order valence-corrected chi connectivity index (χ0v) is 18.1. The van der Waals surface area contributed by atoms with Crippen LogP contribution in [0.3, 0.4) is 0 Å². The number of rotatable bonds is 10. The third-order valence-electron chi connectivity index (χ3n) is 4.96. The quantitative estimate of drug-likeness (QED) is 0.552. The van der Waals surface area contributed by atoms with Crippen molar-refractivity contribution in [1.29, 1.82) is 0 Å². The molecule has 0 aliphatic carbocycles. The number of nitrogens with one attached hydrogen (secondary N) is 2. The number of hydrogen-bond acceptors (Lipinski definition) is 3. The predicted molar refractivity (Wildman–Crippen MR) is 115 cm³/mol. The van der Waals surface area contributed by atoms with Crippen molar-refractivity contribution in [2.45, 2.75) is 59.2 Å². The molecule has 0 heterocycles. The summed E-state index contributed by atoms with van der Waals surface area (Å²) < 4.78 is 27.0. The van der Waals surface area contributed by atoms with Gasteiger partial charge >= 0.3 is 0 Å². The first-order valence-corrected chi connectivity index (χ1v) is 10.3. The van der Waals surface area contributed by atoms with Gasteiger partial charge in [0, 0.05) is 26.1 Å². The summed E-state index contributed by atoms with van der Waals surface area (Å²) in [5.74, 6) is -1.11. The molecule has 0 radical (unpaired) electrons. The van der Waals surface area contributed by atoms with Gasteiger partial charge in [0.05, 0.1) is 12.1 Å². The molecule has 0 saturated heterocycles. The highest BCUT2D eigenvalue weighted by Crippen LogP contribution is 2.15. The Kier molecular flexibility index (Phi) is 8.93. The van der Waals surface area contributed by atoms with Gasteiger partial charge in [0.25, 0.3) is 0 Å². The van der Waals surface area contributed by atoms with Crippen molar-refractivity contribution >= 4 is 5.91 Å². The van der Waals surface area contributed by atoms with E-state index < -0.39 is 23.8 Å². The second kappa shape index (κ2) is 11.2. The summed E-state index contributed by atoms with van der Waals surface area (Å²) in [6, 6.07) is 8.97. The van der Waals surface area contributed by atoms with Gasteiger partial charge in [0.2, 0.25) is 5.91 Å². The number of halogens is 2. The molecule has 164 valence electrons. The smallest absolute Gasteiger partial charge is 0.217 e. The van der Waals surface area contributed by atoms with Crippen molar-refractivity contribution in [1.82, 2.24) is 10.6 Å². The number of aliphatic hydroxyl groups excluding tert-OH is 1. The molecular weight excluding hydrogens is 386 g/mol. The molecule has 0 aliphatic rings. The van der Waals surface area contributed by atoms with Gasteiger partial charge in [-0.3, -0.25) is 4.79 Å². The maximum Gasteiger partial charge on any atom is 0.217 e. The minimum atomic E-state index is -0.917. The first kappa shape index (κ1) is 24.0. The molecule has 2 rings (SSSR count). The van der Waals surface area contributed by atoms with E-state index in [-0.39, 0.29) is 18.9 Å². The Hall–Kier alpha value is -2.31. The van der Waals surface area contributed by atoms with E-state index in [1.54, 1.807) is 0 Å². The minimum absolute atomic E-state index is 0.125. The summed E-state index contributed by atoms with van der Waals surface area (Å²) in [4.78, 5) is 11.6. The van der Waals surface area contributed by atoms with Crippen LogP contribution in [0.4, 0.5) is 8.78 Å². The van der Waals surface area contributed by atoms with E-state index in [0.29, 0.717) is 18.0 Å². The molecular formula is C24H32F2N2O2. The highest BCUT2D eigenvalue weighted by atomic mass is 19.1. The monoisotopic (exact) mass is 418 g/mol. The van der Waals surface area contributed by atoms with Crippen LogP contribution in [-0.2, 0) is 24.2 Å². The minimum Gasteiger partial charge on any atom is -0.390 e. The van der Waals surface area contributed by atoms with Crippen LogP contribution < -0.4 is 10.6 Å². The lowest BCUT2D eigenvalue weighted by atomic mass is 9.98. The van der Waals surface area contributed by atoms with Crippen LogP contribution in [0, 0.1) is 24.5 Å². The van der Waals surface area contributed by atoms with Crippen LogP contribution in [0.15, 0.2) is 36.4 Å². The number of hydrogen-bond donors (Lipinski definition) is 3. The highest BCUT2D eigenvalue weighted by molar-refractivity contribution is 5.73. The molecule has 30 heavy (non-hydrogen) atoms. The Bertz CT molecular complexity index is 835. The second-order valence-electron chi connectivity index (χ2n) is 8.35. The molecule has 0 spiro atoms. The summed E-state index contributed by atoms with van der Waals surface area (Å²) in [5, 5.41) is 16.5. The SMILES string of the molecule is CC(=O)N[C@@H](Cc1cc(F)cc(F)c1)[C@H](O)CNCc1cc(CC(C)C)ccc1C. The van der Waals surface area contributed by atoms with Gasteiger partial charge in [-0.15, -0.1) is 0 Å². The lowest BCUT2D eigenvalue weighted by Gasteiger charge is -2.24. The zero-order valence-electron chi connectivity index (χ0n) is 18.1. The van der Waals surface area contributed by atoms with Crippen LogP contribution in [-0.4, -0.2) is 29.7 Å². The number of carbonyl (C=O) groups is 1. The van der Waals surface area contributed by atoms with Gasteiger partial charge in [-0.1, -0.05) is 32.0 Å². The number of aliphatic hydroxyl groups is 1. The van der Waals surface area contributed by atoms with E-state index in [9.17, 15) is 18.7 Å². The fraction of sp³-hybridized carbons (Fsp3) is 0.458. The number of benzene rings is 2. The van der Waals surface area contributed by atoms with Crippen LogP contribution in [0.2, 0.25) is 0 Å². The molecule has 2 aromatic rings. The van der Waals surface area contributed by atoms with Crippen molar-refractivity contribution in [3.63, 3.8) is 0 Å². The number of aryl methyl sites for hydroxylation is 1. The molecule has 2 atom stereocenters. The fourth-order valence-electron chi connectivity index (χ4n) is 3.54. The Labute approximate surface area is 177 Å². The topological polar surface area (TPSA) is 61.4 Å². The normalized spacial score (nSPS) is 13.3. The zero-order chi connectivity index (χ0) is 22.3. The Morgan fingerprint density at radius 3 is 2.30 bits per heavy atom. The summed E-state index contributed by atoms with van der Waals surface area (Å²) in [6.07, 6.45) is 0.212. The molecule has 0 aliphatic heterocycles. The van der Waals surface area contributed by atoms with Crippen molar-refractivity contribution in [2.75, 3.05) is 6.54 Å². The Balaban J connectivity index is 2.00. The summed E-state index contributed by atoms with van der Waals surface area (Å²) in [5.41, 5.74) is 3.97. The standard InChI is InChI=1S/C24H32F2N2O2/c1-15(2)7-18-6-5-16(3)20(8-18)13-27-14-24(30)23(28-17(4)29)11-19-9-21(25)12-22(26)10-19/h5-6,8-10,12,15,23-24,27,30H,7,11,13-14H2,1-4H3,(H,28,29)/t23-,24+/m0/s1. The van der Waals surface area contributed by atoms with Gasteiger partial charge in [0.15, 0.2) is 0 Å². The van der Waals surface area contributed by atoms with E-state index in [4.69, 9.17) is 0 Å². The van der Waals surface area contributed by atoms with Gasteiger partial charge < -0.3 is 15.7 Å². The van der Waals surface area contributed by atoms with Gasteiger partial charge in [-0.2, -0.15) is 0 Å². The lowest BCUT2D eigenvalue weighted by Crippen LogP contribution is -2.48. The van der Waals surface area contributed by atoms with E-state index in [1.807, 2.05) is 6.92 Å². The highest BCUT2D eigenvalue weighted by Gasteiger charge is 2.21. The molecule has 3 N–H and O–H groups in total. The third-order valence-corrected chi connectivity index (χ3v) is 4.96. The summed E-state index contributed by atoms with van der Waals surface area (Å²) in [7, 11) is 0. The predicted octanol–water partition coefficient (Wildman–Crippen LogP) is 3.67. The third kappa shape index (κ3) is 7.84.